The van der Waals surface area contributed by atoms with Gasteiger partial charge in [-0.05, 0) is 49.4 Å². The molecule has 1 aromatic carbocycles. The van der Waals surface area contributed by atoms with Gasteiger partial charge in [0.05, 0.1) is 11.4 Å². The van der Waals surface area contributed by atoms with Crippen LogP contribution in [-0.4, -0.2) is 35.3 Å². The minimum absolute atomic E-state index is 0.0974. The van der Waals surface area contributed by atoms with Crippen molar-refractivity contribution in [2.24, 2.45) is 0 Å². The van der Waals surface area contributed by atoms with Gasteiger partial charge in [0.1, 0.15) is 6.04 Å². The second-order valence-corrected chi connectivity index (χ2v) is 9.39. The van der Waals surface area contributed by atoms with E-state index in [0.717, 1.165) is 31.2 Å². The molecule has 1 fully saturated rings. The van der Waals surface area contributed by atoms with E-state index in [-0.39, 0.29) is 30.3 Å². The van der Waals surface area contributed by atoms with Gasteiger partial charge >= 0.3 is 0 Å². The molecule has 2 heterocycles. The van der Waals surface area contributed by atoms with Crippen LogP contribution in [-0.2, 0) is 9.59 Å². The summed E-state index contributed by atoms with van der Waals surface area (Å²) in [5.41, 5.74) is 2.23. The Morgan fingerprint density at radius 3 is 2.50 bits per heavy atom. The summed E-state index contributed by atoms with van der Waals surface area (Å²) in [5.74, 6) is -0.955. The molecule has 1 saturated carbocycles. The lowest BCUT2D eigenvalue weighted by atomic mass is 10.0. The number of nitrogens with one attached hydrogen (secondary N) is 2. The number of hydrogen-bond acceptors (Lipinski definition) is 5. The molecule has 176 valence electrons. The van der Waals surface area contributed by atoms with Gasteiger partial charge in [-0.3, -0.25) is 24.3 Å². The van der Waals surface area contributed by atoms with Gasteiger partial charge in [0.15, 0.2) is 0 Å². The molecule has 0 saturated heterocycles. The maximum absolute atomic E-state index is 13.6. The Hall–Kier alpha value is -3.52. The molecule has 0 radical (unpaired) electrons. The topological polar surface area (TPSA) is 91.4 Å². The SMILES string of the molecule is Cc1ccc(N(C(=O)CNC(=O)c2cccs2)C(C(=O)NC2CCCC2)c2cccnc2)cc1. The second-order valence-electron chi connectivity index (χ2n) is 8.44. The van der Waals surface area contributed by atoms with Crippen molar-refractivity contribution < 1.29 is 14.4 Å². The Labute approximate surface area is 203 Å². The maximum atomic E-state index is 13.6. The summed E-state index contributed by atoms with van der Waals surface area (Å²) in [6.07, 6.45) is 7.27. The number of aryl methyl sites for hydroxylation is 1. The van der Waals surface area contributed by atoms with Crippen molar-refractivity contribution >= 4 is 34.7 Å². The monoisotopic (exact) mass is 476 g/mol. The lowest BCUT2D eigenvalue weighted by Crippen LogP contribution is -2.49. The van der Waals surface area contributed by atoms with Gasteiger partial charge in [-0.1, -0.05) is 42.7 Å². The highest BCUT2D eigenvalue weighted by atomic mass is 32.1. The van der Waals surface area contributed by atoms with E-state index in [4.69, 9.17) is 0 Å². The van der Waals surface area contributed by atoms with Crippen LogP contribution in [0.15, 0.2) is 66.3 Å². The molecule has 2 N–H and O–H groups in total. The van der Waals surface area contributed by atoms with Crippen LogP contribution in [0.5, 0.6) is 0 Å². The Balaban J connectivity index is 1.65. The Morgan fingerprint density at radius 1 is 1.09 bits per heavy atom. The molecule has 0 aliphatic heterocycles. The predicted molar refractivity (Wildman–Crippen MR) is 133 cm³/mol. The number of benzene rings is 1. The zero-order valence-corrected chi connectivity index (χ0v) is 19.9. The normalized spacial score (nSPS) is 14.4. The van der Waals surface area contributed by atoms with Crippen LogP contribution in [0.1, 0.15) is 52.5 Å². The number of carbonyl (C=O) groups excluding carboxylic acids is 3. The lowest BCUT2D eigenvalue weighted by molar-refractivity contribution is -0.126. The number of pyridine rings is 1. The summed E-state index contributed by atoms with van der Waals surface area (Å²) >= 11 is 1.31. The molecule has 0 bridgehead atoms. The maximum Gasteiger partial charge on any atom is 0.261 e. The number of anilines is 1. The summed E-state index contributed by atoms with van der Waals surface area (Å²) in [4.78, 5) is 45.8. The van der Waals surface area contributed by atoms with Crippen LogP contribution >= 0.6 is 11.3 Å². The second kappa shape index (κ2) is 11.1. The molecule has 7 nitrogen and oxygen atoms in total. The van der Waals surface area contributed by atoms with Crippen LogP contribution in [0.2, 0.25) is 0 Å². The molecule has 1 aliphatic carbocycles. The van der Waals surface area contributed by atoms with Gasteiger partial charge < -0.3 is 10.6 Å². The van der Waals surface area contributed by atoms with Crippen molar-refractivity contribution in [2.45, 2.75) is 44.7 Å². The third kappa shape index (κ3) is 5.69. The first-order chi connectivity index (χ1) is 16.5. The summed E-state index contributed by atoms with van der Waals surface area (Å²) in [6, 6.07) is 13.7. The summed E-state index contributed by atoms with van der Waals surface area (Å²) in [7, 11) is 0. The van der Waals surface area contributed by atoms with E-state index in [1.54, 1.807) is 42.0 Å². The molecular formula is C26H28N4O3S. The van der Waals surface area contributed by atoms with Crippen LogP contribution in [0.4, 0.5) is 5.69 Å². The van der Waals surface area contributed by atoms with E-state index < -0.39 is 6.04 Å². The van der Waals surface area contributed by atoms with E-state index in [0.29, 0.717) is 16.1 Å². The number of hydrogen-bond donors (Lipinski definition) is 2. The fourth-order valence-corrected chi connectivity index (χ4v) is 4.82. The average molecular weight is 477 g/mol. The number of aromatic nitrogens is 1. The Morgan fingerprint density at radius 2 is 1.85 bits per heavy atom. The number of carbonyl (C=O) groups is 3. The Kier molecular flexibility index (Phi) is 7.69. The van der Waals surface area contributed by atoms with E-state index in [1.165, 1.54) is 16.2 Å². The quantitative estimate of drug-likeness (QED) is 0.514. The molecule has 8 heteroatoms. The molecule has 1 unspecified atom stereocenters. The van der Waals surface area contributed by atoms with Gasteiger partial charge in [-0.2, -0.15) is 0 Å². The van der Waals surface area contributed by atoms with Gasteiger partial charge in [-0.15, -0.1) is 11.3 Å². The fourth-order valence-electron chi connectivity index (χ4n) is 4.18. The summed E-state index contributed by atoms with van der Waals surface area (Å²) in [6.45, 7) is 1.72. The van der Waals surface area contributed by atoms with E-state index in [9.17, 15) is 14.4 Å². The van der Waals surface area contributed by atoms with Crippen molar-refractivity contribution in [3.05, 3.63) is 82.3 Å². The van der Waals surface area contributed by atoms with Crippen LogP contribution in [0.25, 0.3) is 0 Å². The minimum atomic E-state index is -0.914. The van der Waals surface area contributed by atoms with Gasteiger partial charge in [-0.25, -0.2) is 0 Å². The lowest BCUT2D eigenvalue weighted by Gasteiger charge is -2.32. The van der Waals surface area contributed by atoms with E-state index in [2.05, 4.69) is 15.6 Å². The van der Waals surface area contributed by atoms with E-state index >= 15 is 0 Å². The van der Waals surface area contributed by atoms with Gasteiger partial charge in [0.25, 0.3) is 5.91 Å². The molecule has 4 rings (SSSR count). The number of nitrogens with zero attached hydrogens (tertiary/aromatic N) is 2. The van der Waals surface area contributed by atoms with Crippen LogP contribution in [0.3, 0.4) is 0 Å². The molecular weight excluding hydrogens is 448 g/mol. The first-order valence-corrected chi connectivity index (χ1v) is 12.3. The average Bonchev–Trinajstić information content (AvgIpc) is 3.57. The smallest absolute Gasteiger partial charge is 0.261 e. The van der Waals surface area contributed by atoms with Crippen molar-refractivity contribution in [3.63, 3.8) is 0 Å². The molecule has 0 spiro atoms. The molecule has 1 atom stereocenters. The van der Waals surface area contributed by atoms with Crippen molar-refractivity contribution in [2.75, 3.05) is 11.4 Å². The van der Waals surface area contributed by atoms with E-state index in [1.807, 2.05) is 31.2 Å². The first-order valence-electron chi connectivity index (χ1n) is 11.4. The standard InChI is InChI=1S/C26H28N4O3S/c1-18-10-12-21(13-11-18)30(23(31)17-28-25(32)22-9-5-15-34-22)24(19-6-4-14-27-16-19)26(33)29-20-7-2-3-8-20/h4-6,9-16,20,24H,2-3,7-8,17H2,1H3,(H,28,32)(H,29,33). The predicted octanol–water partition coefficient (Wildman–Crippen LogP) is 4.01. The van der Waals surface area contributed by atoms with Crippen LogP contribution < -0.4 is 15.5 Å². The highest BCUT2D eigenvalue weighted by molar-refractivity contribution is 7.12. The number of amides is 3. The van der Waals surface area contributed by atoms with Crippen molar-refractivity contribution in [1.82, 2.24) is 15.6 Å². The molecule has 3 amide bonds. The highest BCUT2D eigenvalue weighted by Gasteiger charge is 2.34. The van der Waals surface area contributed by atoms with Gasteiger partial charge in [0, 0.05) is 29.7 Å². The zero-order chi connectivity index (χ0) is 23.9. The van der Waals surface area contributed by atoms with Crippen LogP contribution in [0, 0.1) is 6.92 Å². The summed E-state index contributed by atoms with van der Waals surface area (Å²) in [5, 5.41) is 7.64. The zero-order valence-electron chi connectivity index (χ0n) is 19.1. The third-order valence-corrected chi connectivity index (χ3v) is 6.80. The third-order valence-electron chi connectivity index (χ3n) is 5.93. The van der Waals surface area contributed by atoms with Gasteiger partial charge in [0.2, 0.25) is 11.8 Å². The Bertz CT molecular complexity index is 1110. The largest absolute Gasteiger partial charge is 0.351 e. The molecule has 2 aromatic heterocycles. The molecule has 1 aliphatic rings. The highest BCUT2D eigenvalue weighted by Crippen LogP contribution is 2.29. The number of thiophene rings is 1. The first kappa shape index (κ1) is 23.6. The van der Waals surface area contributed by atoms with Crippen molar-refractivity contribution in [3.8, 4) is 0 Å². The fraction of sp³-hybridized carbons (Fsp3) is 0.308. The molecule has 3 aromatic rings. The number of rotatable bonds is 8. The minimum Gasteiger partial charge on any atom is -0.351 e. The van der Waals surface area contributed by atoms with Crippen molar-refractivity contribution in [1.29, 1.82) is 0 Å². The molecule has 34 heavy (non-hydrogen) atoms. The summed E-state index contributed by atoms with van der Waals surface area (Å²) < 4.78 is 0.